The highest BCUT2D eigenvalue weighted by Gasteiger charge is 2.57. The van der Waals surface area contributed by atoms with Crippen molar-refractivity contribution in [3.8, 4) is 11.1 Å². The van der Waals surface area contributed by atoms with Gasteiger partial charge >= 0.3 is 0 Å². The number of rotatable bonds is 2. The molecule has 98 valence electrons. The van der Waals surface area contributed by atoms with Crippen molar-refractivity contribution in [2.24, 2.45) is 7.05 Å². The fourth-order valence-corrected chi connectivity index (χ4v) is 3.76. The minimum absolute atomic E-state index is 0.433. The summed E-state index contributed by atoms with van der Waals surface area (Å²) in [6.07, 6.45) is 7.88. The highest BCUT2D eigenvalue weighted by molar-refractivity contribution is 5.66. The Labute approximate surface area is 113 Å². The number of benzene rings is 1. The summed E-state index contributed by atoms with van der Waals surface area (Å²) in [4.78, 5) is 0. The number of hydrogen-bond acceptors (Lipinski definition) is 2. The van der Waals surface area contributed by atoms with Gasteiger partial charge in [-0.05, 0) is 43.0 Å². The lowest BCUT2D eigenvalue weighted by Gasteiger charge is -2.12. The van der Waals surface area contributed by atoms with E-state index in [1.54, 1.807) is 11.1 Å². The zero-order valence-electron chi connectivity index (χ0n) is 11.5. The van der Waals surface area contributed by atoms with Gasteiger partial charge in [-0.25, -0.2) is 0 Å². The molecule has 4 rings (SSSR count). The number of nitrogens with zero attached hydrogens (tertiary/aromatic N) is 2. The SMILES string of the molecule is CNC1CC12CCc1ccc(-c3cnn(C)c3)cc12. The van der Waals surface area contributed by atoms with Crippen LogP contribution in [-0.4, -0.2) is 22.9 Å². The Kier molecular flexibility index (Phi) is 2.19. The van der Waals surface area contributed by atoms with Crippen molar-refractivity contribution in [1.29, 1.82) is 0 Å². The molecule has 2 aromatic rings. The Morgan fingerprint density at radius 3 is 2.95 bits per heavy atom. The van der Waals surface area contributed by atoms with Crippen molar-refractivity contribution in [1.82, 2.24) is 15.1 Å². The molecule has 2 atom stereocenters. The Balaban J connectivity index is 1.78. The van der Waals surface area contributed by atoms with E-state index in [0.717, 1.165) is 0 Å². The molecule has 0 aliphatic heterocycles. The van der Waals surface area contributed by atoms with Crippen LogP contribution in [0.4, 0.5) is 0 Å². The topological polar surface area (TPSA) is 29.9 Å². The smallest absolute Gasteiger partial charge is 0.0568 e. The largest absolute Gasteiger partial charge is 0.316 e. The van der Waals surface area contributed by atoms with Gasteiger partial charge in [-0.1, -0.05) is 18.2 Å². The molecule has 1 saturated carbocycles. The van der Waals surface area contributed by atoms with E-state index in [0.29, 0.717) is 11.5 Å². The molecule has 1 aromatic carbocycles. The van der Waals surface area contributed by atoms with Crippen molar-refractivity contribution in [2.75, 3.05) is 7.05 Å². The summed E-state index contributed by atoms with van der Waals surface area (Å²) in [5.74, 6) is 0. The van der Waals surface area contributed by atoms with Crippen LogP contribution in [0.2, 0.25) is 0 Å². The fraction of sp³-hybridized carbons (Fsp3) is 0.438. The number of nitrogens with one attached hydrogen (secondary N) is 1. The van der Waals surface area contributed by atoms with Gasteiger partial charge in [0.25, 0.3) is 0 Å². The molecule has 1 aromatic heterocycles. The van der Waals surface area contributed by atoms with Gasteiger partial charge in [0.05, 0.1) is 6.20 Å². The Morgan fingerprint density at radius 1 is 1.37 bits per heavy atom. The van der Waals surface area contributed by atoms with Crippen molar-refractivity contribution < 1.29 is 0 Å². The van der Waals surface area contributed by atoms with E-state index in [1.807, 2.05) is 17.9 Å². The van der Waals surface area contributed by atoms with E-state index in [4.69, 9.17) is 0 Å². The minimum Gasteiger partial charge on any atom is -0.316 e. The quantitative estimate of drug-likeness (QED) is 0.889. The lowest BCUT2D eigenvalue weighted by atomic mass is 9.94. The molecule has 2 aliphatic rings. The maximum Gasteiger partial charge on any atom is 0.0568 e. The molecule has 0 saturated heterocycles. The predicted molar refractivity (Wildman–Crippen MR) is 76.1 cm³/mol. The fourth-order valence-electron chi connectivity index (χ4n) is 3.76. The Morgan fingerprint density at radius 2 is 2.26 bits per heavy atom. The second-order valence-electron chi connectivity index (χ2n) is 5.98. The maximum absolute atomic E-state index is 4.27. The van der Waals surface area contributed by atoms with Crippen LogP contribution in [0.25, 0.3) is 11.1 Å². The van der Waals surface area contributed by atoms with Crippen LogP contribution in [0.3, 0.4) is 0 Å². The summed E-state index contributed by atoms with van der Waals surface area (Å²) in [5, 5.41) is 7.73. The van der Waals surface area contributed by atoms with Gasteiger partial charge in [-0.2, -0.15) is 5.10 Å². The van der Waals surface area contributed by atoms with E-state index < -0.39 is 0 Å². The molecular formula is C16H19N3. The zero-order valence-corrected chi connectivity index (χ0v) is 11.5. The van der Waals surface area contributed by atoms with Gasteiger partial charge in [0.15, 0.2) is 0 Å². The molecule has 1 heterocycles. The van der Waals surface area contributed by atoms with E-state index >= 15 is 0 Å². The Bertz CT molecular complexity index is 643. The van der Waals surface area contributed by atoms with E-state index in [1.165, 1.54) is 30.4 Å². The van der Waals surface area contributed by atoms with Crippen LogP contribution >= 0.6 is 0 Å². The number of likely N-dealkylation sites (N-methyl/N-ethyl adjacent to an activating group) is 1. The summed E-state index contributed by atoms with van der Waals surface area (Å²) < 4.78 is 1.87. The second-order valence-corrected chi connectivity index (χ2v) is 5.98. The molecule has 0 amide bonds. The van der Waals surface area contributed by atoms with Crippen LogP contribution in [-0.2, 0) is 18.9 Å². The van der Waals surface area contributed by atoms with Crippen LogP contribution in [0.15, 0.2) is 30.6 Å². The monoisotopic (exact) mass is 253 g/mol. The van der Waals surface area contributed by atoms with Gasteiger partial charge in [-0.15, -0.1) is 0 Å². The average Bonchev–Trinajstić information content (AvgIpc) is 2.78. The number of hydrogen-bond donors (Lipinski definition) is 1. The van der Waals surface area contributed by atoms with Gasteiger partial charge < -0.3 is 5.32 Å². The second kappa shape index (κ2) is 3.70. The molecule has 0 bridgehead atoms. The van der Waals surface area contributed by atoms with Gasteiger partial charge in [-0.3, -0.25) is 4.68 Å². The summed E-state index contributed by atoms with van der Waals surface area (Å²) >= 11 is 0. The highest BCUT2D eigenvalue weighted by Crippen LogP contribution is 2.57. The molecule has 1 N–H and O–H groups in total. The molecule has 19 heavy (non-hydrogen) atoms. The molecule has 2 unspecified atom stereocenters. The standard InChI is InChI=1S/C16H19N3/c1-17-15-8-16(15)6-5-11-3-4-12(7-14(11)16)13-9-18-19(2)10-13/h3-4,7,9-10,15,17H,5-6,8H2,1-2H3. The molecular weight excluding hydrogens is 234 g/mol. The van der Waals surface area contributed by atoms with Crippen molar-refractivity contribution in [3.63, 3.8) is 0 Å². The third-order valence-electron chi connectivity index (χ3n) is 4.95. The normalized spacial score (nSPS) is 27.8. The van der Waals surface area contributed by atoms with Crippen LogP contribution in [0.1, 0.15) is 24.0 Å². The molecule has 3 heteroatoms. The molecule has 1 fully saturated rings. The zero-order chi connectivity index (χ0) is 13.0. The first kappa shape index (κ1) is 11.2. The average molecular weight is 253 g/mol. The number of aryl methyl sites for hydroxylation is 2. The van der Waals surface area contributed by atoms with Crippen LogP contribution < -0.4 is 5.32 Å². The van der Waals surface area contributed by atoms with Gasteiger partial charge in [0, 0.05) is 30.3 Å². The summed E-state index contributed by atoms with van der Waals surface area (Å²) in [6, 6.07) is 7.64. The maximum atomic E-state index is 4.27. The molecule has 2 aliphatic carbocycles. The van der Waals surface area contributed by atoms with Gasteiger partial charge in [0.2, 0.25) is 0 Å². The van der Waals surface area contributed by atoms with E-state index in [9.17, 15) is 0 Å². The first-order valence-corrected chi connectivity index (χ1v) is 7.03. The van der Waals surface area contributed by atoms with Crippen molar-refractivity contribution in [2.45, 2.75) is 30.7 Å². The highest BCUT2D eigenvalue weighted by atomic mass is 15.2. The predicted octanol–water partition coefficient (Wildman–Crippen LogP) is 2.26. The van der Waals surface area contributed by atoms with E-state index in [2.05, 4.69) is 41.9 Å². The summed E-state index contributed by atoms with van der Waals surface area (Å²) in [7, 11) is 4.05. The third-order valence-corrected chi connectivity index (χ3v) is 4.95. The van der Waals surface area contributed by atoms with Gasteiger partial charge in [0.1, 0.15) is 0 Å². The number of fused-ring (bicyclic) bond motifs is 2. The first-order chi connectivity index (χ1) is 9.23. The van der Waals surface area contributed by atoms with Crippen molar-refractivity contribution in [3.05, 3.63) is 41.7 Å². The molecule has 1 spiro atoms. The lowest BCUT2D eigenvalue weighted by Crippen LogP contribution is -2.19. The lowest BCUT2D eigenvalue weighted by molar-refractivity contribution is 0.608. The van der Waals surface area contributed by atoms with Crippen LogP contribution in [0, 0.1) is 0 Å². The number of aromatic nitrogens is 2. The van der Waals surface area contributed by atoms with Crippen molar-refractivity contribution >= 4 is 0 Å². The minimum atomic E-state index is 0.433. The summed E-state index contributed by atoms with van der Waals surface area (Å²) in [5.41, 5.74) is 6.07. The molecule has 0 radical (unpaired) electrons. The first-order valence-electron chi connectivity index (χ1n) is 7.03. The van der Waals surface area contributed by atoms with Crippen LogP contribution in [0.5, 0.6) is 0 Å². The van der Waals surface area contributed by atoms with E-state index in [-0.39, 0.29) is 0 Å². The Hall–Kier alpha value is -1.61. The third kappa shape index (κ3) is 1.51. The summed E-state index contributed by atoms with van der Waals surface area (Å²) in [6.45, 7) is 0. The molecule has 3 nitrogen and oxygen atoms in total.